The van der Waals surface area contributed by atoms with Crippen molar-refractivity contribution in [1.29, 1.82) is 0 Å². The summed E-state index contributed by atoms with van der Waals surface area (Å²) in [5.41, 5.74) is 4.58. The van der Waals surface area contributed by atoms with Crippen molar-refractivity contribution in [3.63, 3.8) is 0 Å². The normalized spacial score (nSPS) is 10.4. The second-order valence-electron chi connectivity index (χ2n) is 6.96. The van der Waals surface area contributed by atoms with Crippen molar-refractivity contribution in [2.45, 2.75) is 19.8 Å². The molecule has 0 bridgehead atoms. The van der Waals surface area contributed by atoms with Crippen LogP contribution in [-0.2, 0) is 14.3 Å². The van der Waals surface area contributed by atoms with Crippen LogP contribution in [0.25, 0.3) is 11.8 Å². The van der Waals surface area contributed by atoms with Crippen LogP contribution in [0, 0.1) is 0 Å². The lowest BCUT2D eigenvalue weighted by Crippen LogP contribution is -2.18. The zero-order valence-electron chi connectivity index (χ0n) is 20.5. The Morgan fingerprint density at radius 1 is 1.15 bits per heavy atom. The van der Waals surface area contributed by atoms with Gasteiger partial charge in [-0.15, -0.1) is 0 Å². The number of methoxy groups -OCH3 is 1. The van der Waals surface area contributed by atoms with Crippen molar-refractivity contribution in [3.05, 3.63) is 77.3 Å². The summed E-state index contributed by atoms with van der Waals surface area (Å²) in [5.74, 6) is 0. The van der Waals surface area contributed by atoms with Gasteiger partial charge < -0.3 is 20.2 Å². The Labute approximate surface area is 208 Å². The van der Waals surface area contributed by atoms with Gasteiger partial charge in [-0.1, -0.05) is 67.9 Å². The number of carbonyl (C=O) groups excluding carboxylic acids is 2. The molecule has 0 saturated carbocycles. The van der Waals surface area contributed by atoms with E-state index in [1.165, 1.54) is 6.08 Å². The highest BCUT2D eigenvalue weighted by atomic mass is 35.5. The van der Waals surface area contributed by atoms with E-state index in [0.29, 0.717) is 5.02 Å². The first-order valence-corrected chi connectivity index (χ1v) is 11.3. The molecule has 0 amide bonds. The Kier molecular flexibility index (Phi) is 18.7. The van der Waals surface area contributed by atoms with Gasteiger partial charge in [0, 0.05) is 42.8 Å². The van der Waals surface area contributed by atoms with Crippen LogP contribution in [0.4, 0.5) is 5.69 Å². The Bertz CT molecular complexity index is 919. The Balaban J connectivity index is 0.000000651. The van der Waals surface area contributed by atoms with Crippen molar-refractivity contribution >= 4 is 47.3 Å². The Morgan fingerprint density at radius 3 is 2.44 bits per heavy atom. The fourth-order valence-corrected chi connectivity index (χ4v) is 2.89. The highest BCUT2D eigenvalue weighted by Gasteiger charge is 2.06. The fraction of sp³-hybridized carbons (Fsp3) is 0.296. The molecule has 0 aliphatic carbocycles. The number of rotatable bonds is 11. The number of para-hydroxylation sites is 1. The molecular weight excluding hydrogens is 450 g/mol. The number of carbonyl (C=O) groups is 2. The van der Waals surface area contributed by atoms with Crippen molar-refractivity contribution in [3.8, 4) is 0 Å². The molecular formula is C27H36ClN3O3. The lowest BCUT2D eigenvalue weighted by molar-refractivity contribution is -0.107. The molecule has 0 atom stereocenters. The van der Waals surface area contributed by atoms with Crippen LogP contribution in [0.15, 0.2) is 66.2 Å². The van der Waals surface area contributed by atoms with Gasteiger partial charge in [0.1, 0.15) is 12.6 Å². The second kappa shape index (κ2) is 20.5. The van der Waals surface area contributed by atoms with E-state index in [0.717, 1.165) is 60.2 Å². The largest absolute Gasteiger partial charge is 0.388 e. The molecule has 6 nitrogen and oxygen atoms in total. The fourth-order valence-electron chi connectivity index (χ4n) is 2.69. The second-order valence-corrected chi connectivity index (χ2v) is 7.40. The maximum absolute atomic E-state index is 10.4. The van der Waals surface area contributed by atoms with Crippen LogP contribution >= 0.6 is 11.6 Å². The van der Waals surface area contributed by atoms with Gasteiger partial charge in [0.25, 0.3) is 0 Å². The standard InChI is InChI=1S/C16H23N3O.C9H7ClO.C2H6O/c1-4-7-14(12-17-3)19-16-9-6-5-8-15(16)13(2)18-10-11-20;10-9-5-1-3-8(7-9)4-2-6-11;1-3-2/h5-6,8-9,11,17-18H,2,4,7,10,12H2,1,3H3;1-7H;1-2H3/b;4-2+;. The molecule has 0 aliphatic heterocycles. The number of ether oxygens (including phenoxy) is 1. The van der Waals surface area contributed by atoms with Crippen LogP contribution < -0.4 is 10.6 Å². The van der Waals surface area contributed by atoms with Crippen LogP contribution in [-0.4, -0.2) is 52.6 Å². The van der Waals surface area contributed by atoms with Gasteiger partial charge in [-0.3, -0.25) is 9.79 Å². The monoisotopic (exact) mass is 485 g/mol. The molecule has 2 aromatic carbocycles. The average Bonchev–Trinajstić information content (AvgIpc) is 2.83. The summed E-state index contributed by atoms with van der Waals surface area (Å²) in [6.07, 6.45) is 6.72. The summed E-state index contributed by atoms with van der Waals surface area (Å²) >= 11 is 5.70. The first kappa shape index (κ1) is 30.9. The summed E-state index contributed by atoms with van der Waals surface area (Å²) in [7, 11) is 5.17. The predicted octanol–water partition coefficient (Wildman–Crippen LogP) is 5.35. The van der Waals surface area contributed by atoms with Crippen LogP contribution in [0.2, 0.25) is 5.02 Å². The zero-order chi connectivity index (χ0) is 25.6. The summed E-state index contributed by atoms with van der Waals surface area (Å²) in [6.45, 7) is 7.14. The van der Waals surface area contributed by atoms with Crippen LogP contribution in [0.5, 0.6) is 0 Å². The quantitative estimate of drug-likeness (QED) is 0.254. The van der Waals surface area contributed by atoms with Crippen molar-refractivity contribution in [2.24, 2.45) is 4.99 Å². The minimum absolute atomic E-state index is 0.259. The number of halogens is 1. The number of allylic oxidation sites excluding steroid dienone is 1. The van der Waals surface area contributed by atoms with Crippen LogP contribution in [0.1, 0.15) is 30.9 Å². The molecule has 7 heteroatoms. The summed E-state index contributed by atoms with van der Waals surface area (Å²) < 4.78 is 4.25. The van der Waals surface area contributed by atoms with E-state index < -0.39 is 0 Å². The number of nitrogens with one attached hydrogen (secondary N) is 2. The molecule has 0 spiro atoms. The minimum atomic E-state index is 0.259. The van der Waals surface area contributed by atoms with Crippen molar-refractivity contribution in [1.82, 2.24) is 10.6 Å². The molecule has 34 heavy (non-hydrogen) atoms. The molecule has 0 radical (unpaired) electrons. The van der Waals surface area contributed by atoms with Crippen molar-refractivity contribution in [2.75, 3.05) is 34.4 Å². The highest BCUT2D eigenvalue weighted by Crippen LogP contribution is 2.24. The molecule has 184 valence electrons. The molecule has 2 N–H and O–H groups in total. The topological polar surface area (TPSA) is 79.8 Å². The SMILES string of the molecule is C=C(NCC=O)c1ccccc1N=C(CCC)CNC.COC.O=C/C=C/c1cccc(Cl)c1. The van der Waals surface area contributed by atoms with Gasteiger partial charge >= 0.3 is 0 Å². The number of benzene rings is 2. The molecule has 2 rings (SSSR count). The van der Waals surface area contributed by atoms with E-state index in [2.05, 4.69) is 28.9 Å². The minimum Gasteiger partial charge on any atom is -0.388 e. The molecule has 0 fully saturated rings. The van der Waals surface area contributed by atoms with E-state index in [1.54, 1.807) is 32.4 Å². The van der Waals surface area contributed by atoms with E-state index in [9.17, 15) is 9.59 Å². The van der Waals surface area contributed by atoms with Crippen LogP contribution in [0.3, 0.4) is 0 Å². The number of hydrogen-bond donors (Lipinski definition) is 2. The summed E-state index contributed by atoms with van der Waals surface area (Å²) in [5, 5.41) is 6.80. The number of hydrogen-bond acceptors (Lipinski definition) is 6. The number of nitrogens with zero attached hydrogens (tertiary/aromatic N) is 1. The zero-order valence-corrected chi connectivity index (χ0v) is 21.3. The highest BCUT2D eigenvalue weighted by molar-refractivity contribution is 6.30. The Hall–Kier alpha value is -3.06. The maximum Gasteiger partial charge on any atom is 0.142 e. The molecule has 0 aliphatic rings. The smallest absolute Gasteiger partial charge is 0.142 e. The molecule has 2 aromatic rings. The van der Waals surface area contributed by atoms with Gasteiger partial charge in [0.2, 0.25) is 0 Å². The lowest BCUT2D eigenvalue weighted by atomic mass is 10.1. The van der Waals surface area contributed by atoms with E-state index >= 15 is 0 Å². The molecule has 0 aromatic heterocycles. The molecule has 0 saturated heterocycles. The maximum atomic E-state index is 10.4. The third-order valence-corrected chi connectivity index (χ3v) is 4.28. The summed E-state index contributed by atoms with van der Waals surface area (Å²) in [6, 6.07) is 15.1. The van der Waals surface area contributed by atoms with E-state index in [-0.39, 0.29) is 6.54 Å². The Morgan fingerprint density at radius 2 is 1.85 bits per heavy atom. The van der Waals surface area contributed by atoms with E-state index in [4.69, 9.17) is 16.6 Å². The van der Waals surface area contributed by atoms with Gasteiger partial charge in [-0.25, -0.2) is 0 Å². The van der Waals surface area contributed by atoms with Gasteiger partial charge in [0.15, 0.2) is 0 Å². The van der Waals surface area contributed by atoms with Gasteiger partial charge in [0.05, 0.1) is 12.2 Å². The number of aldehydes is 2. The lowest BCUT2D eigenvalue weighted by Gasteiger charge is -2.11. The first-order chi connectivity index (χ1) is 16.5. The van der Waals surface area contributed by atoms with Crippen molar-refractivity contribution < 1.29 is 14.3 Å². The molecule has 0 heterocycles. The predicted molar refractivity (Wildman–Crippen MR) is 145 cm³/mol. The number of aliphatic imine (C=N–C) groups is 1. The van der Waals surface area contributed by atoms with Gasteiger partial charge in [-0.2, -0.15) is 0 Å². The van der Waals surface area contributed by atoms with E-state index in [1.807, 2.05) is 43.4 Å². The van der Waals surface area contributed by atoms with Gasteiger partial charge in [-0.05, 0) is 43.3 Å². The third-order valence-electron chi connectivity index (χ3n) is 4.04. The summed E-state index contributed by atoms with van der Waals surface area (Å²) in [4.78, 5) is 25.1. The third kappa shape index (κ3) is 14.2. The molecule has 0 unspecified atom stereocenters. The first-order valence-electron chi connectivity index (χ1n) is 10.9. The average molecular weight is 486 g/mol.